The second-order valence-electron chi connectivity index (χ2n) is 2.21. The zero-order valence-corrected chi connectivity index (χ0v) is 8.31. The summed E-state index contributed by atoms with van der Waals surface area (Å²) in [6.45, 7) is 3.39. The molecule has 0 aromatic heterocycles. The summed E-state index contributed by atoms with van der Waals surface area (Å²) in [4.78, 5) is 21.5. The number of alkyl halides is 1. The van der Waals surface area contributed by atoms with Crippen LogP contribution in [0.2, 0.25) is 0 Å². The molecule has 5 heteroatoms. The minimum atomic E-state index is -0.528. The van der Waals surface area contributed by atoms with Crippen molar-refractivity contribution in [2.45, 2.75) is 10.0 Å². The average molecular weight is 282 g/mol. The van der Waals surface area contributed by atoms with Crippen molar-refractivity contribution in [1.82, 2.24) is 0 Å². The highest BCUT2D eigenvalue weighted by atomic mass is 127. The largest absolute Gasteiger partial charge is 0.461 e. The summed E-state index contributed by atoms with van der Waals surface area (Å²) in [6, 6.07) is 0. The van der Waals surface area contributed by atoms with Crippen molar-refractivity contribution >= 4 is 34.5 Å². The van der Waals surface area contributed by atoms with Gasteiger partial charge in [-0.15, -0.1) is 0 Å². The molecule has 1 heterocycles. The van der Waals surface area contributed by atoms with Crippen LogP contribution >= 0.6 is 22.6 Å². The molecule has 2 unspecified atom stereocenters. The number of carbonyl (C=O) groups is 2. The number of halogens is 1. The van der Waals surface area contributed by atoms with Crippen molar-refractivity contribution in [3.05, 3.63) is 12.7 Å². The van der Waals surface area contributed by atoms with Gasteiger partial charge in [-0.3, -0.25) is 4.79 Å². The van der Waals surface area contributed by atoms with Gasteiger partial charge in [0, 0.05) is 6.08 Å². The molecule has 0 radical (unpaired) electrons. The third-order valence-corrected chi connectivity index (χ3v) is 2.69. The highest BCUT2D eigenvalue weighted by Crippen LogP contribution is 2.19. The topological polar surface area (TPSA) is 52.6 Å². The summed E-state index contributed by atoms with van der Waals surface area (Å²) in [7, 11) is 0. The third-order valence-electron chi connectivity index (χ3n) is 1.38. The zero-order valence-electron chi connectivity index (χ0n) is 6.16. The highest BCUT2D eigenvalue weighted by Gasteiger charge is 2.37. The van der Waals surface area contributed by atoms with Crippen molar-refractivity contribution in [3.63, 3.8) is 0 Å². The average Bonchev–Trinajstić information content (AvgIpc) is 2.36. The van der Waals surface area contributed by atoms with Crippen molar-refractivity contribution in [3.8, 4) is 0 Å². The lowest BCUT2D eigenvalue weighted by Gasteiger charge is -2.08. The summed E-state index contributed by atoms with van der Waals surface area (Å²) < 4.78 is 9.10. The van der Waals surface area contributed by atoms with E-state index in [1.54, 1.807) is 0 Å². The molecule has 66 valence electrons. The fourth-order valence-electron chi connectivity index (χ4n) is 0.771. The minimum absolute atomic E-state index is 0.145. The molecular weight excluding hydrogens is 275 g/mol. The van der Waals surface area contributed by atoms with E-state index in [1.807, 2.05) is 22.6 Å². The van der Waals surface area contributed by atoms with Crippen LogP contribution in [-0.4, -0.2) is 28.6 Å². The molecule has 0 aromatic rings. The van der Waals surface area contributed by atoms with Crippen molar-refractivity contribution in [2.75, 3.05) is 6.61 Å². The predicted octanol–water partition coefficient (Wildman–Crippen LogP) is 0.445. The normalized spacial score (nSPS) is 27.9. The molecule has 0 aromatic carbocycles. The smallest absolute Gasteiger partial charge is 0.330 e. The molecule has 2 atom stereocenters. The number of cyclic esters (lactones) is 1. The van der Waals surface area contributed by atoms with Crippen LogP contribution < -0.4 is 0 Å². The first-order chi connectivity index (χ1) is 5.65. The Bertz CT molecular complexity index is 225. The molecule has 0 spiro atoms. The molecule has 1 aliphatic rings. The van der Waals surface area contributed by atoms with E-state index in [1.165, 1.54) is 0 Å². The van der Waals surface area contributed by atoms with Gasteiger partial charge < -0.3 is 9.47 Å². The fraction of sp³-hybridized carbons (Fsp3) is 0.429. The van der Waals surface area contributed by atoms with Gasteiger partial charge in [-0.05, 0) is 0 Å². The molecule has 0 amide bonds. The summed E-state index contributed by atoms with van der Waals surface area (Å²) in [5.74, 6) is -0.863. The van der Waals surface area contributed by atoms with E-state index in [4.69, 9.17) is 4.74 Å². The Balaban J connectivity index is 2.49. The van der Waals surface area contributed by atoms with Crippen molar-refractivity contribution in [1.29, 1.82) is 0 Å². The molecular formula is C7H7IO4. The van der Waals surface area contributed by atoms with Crippen LogP contribution in [0, 0.1) is 0 Å². The van der Waals surface area contributed by atoms with E-state index in [9.17, 15) is 9.59 Å². The second-order valence-corrected chi connectivity index (χ2v) is 3.55. The lowest BCUT2D eigenvalue weighted by atomic mass is 10.3. The van der Waals surface area contributed by atoms with Crippen LogP contribution in [0.5, 0.6) is 0 Å². The summed E-state index contributed by atoms with van der Waals surface area (Å²) >= 11 is 1.88. The molecule has 0 aliphatic carbocycles. The SMILES string of the molecule is C=CC(=O)OC1COC(=O)C1I. The first kappa shape index (κ1) is 9.50. The Hall–Kier alpha value is -0.590. The Morgan fingerprint density at radius 3 is 2.92 bits per heavy atom. The molecule has 1 saturated heterocycles. The van der Waals surface area contributed by atoms with Crippen LogP contribution in [0.25, 0.3) is 0 Å². The number of hydrogen-bond acceptors (Lipinski definition) is 4. The standard InChI is InChI=1S/C7H7IO4/c1-2-5(9)12-4-3-11-7(10)6(4)8/h2,4,6H,1,3H2. The summed E-state index contributed by atoms with van der Waals surface area (Å²) in [5, 5.41) is 0. The number of carbonyl (C=O) groups excluding carboxylic acids is 2. The van der Waals surface area contributed by atoms with Crippen molar-refractivity contribution < 1.29 is 19.1 Å². The van der Waals surface area contributed by atoms with Gasteiger partial charge in [0.1, 0.15) is 10.5 Å². The van der Waals surface area contributed by atoms with Gasteiger partial charge in [0.2, 0.25) is 0 Å². The molecule has 0 saturated carbocycles. The monoisotopic (exact) mass is 282 g/mol. The lowest BCUT2D eigenvalue weighted by molar-refractivity contribution is -0.143. The fourth-order valence-corrected chi connectivity index (χ4v) is 1.31. The maximum absolute atomic E-state index is 10.8. The van der Waals surface area contributed by atoms with Gasteiger partial charge in [-0.2, -0.15) is 0 Å². The maximum Gasteiger partial charge on any atom is 0.330 e. The summed E-state index contributed by atoms with van der Waals surface area (Å²) in [5.41, 5.74) is 0. The molecule has 1 fully saturated rings. The van der Waals surface area contributed by atoms with Crippen molar-refractivity contribution in [2.24, 2.45) is 0 Å². The number of hydrogen-bond donors (Lipinski definition) is 0. The highest BCUT2D eigenvalue weighted by molar-refractivity contribution is 14.1. The van der Waals surface area contributed by atoms with Gasteiger partial charge in [-0.25, -0.2) is 4.79 Å². The Kier molecular flexibility index (Phi) is 3.07. The van der Waals surface area contributed by atoms with Gasteiger partial charge in [0.15, 0.2) is 6.10 Å². The minimum Gasteiger partial charge on any atom is -0.461 e. The Morgan fingerprint density at radius 2 is 2.50 bits per heavy atom. The first-order valence-electron chi connectivity index (χ1n) is 3.29. The maximum atomic E-state index is 10.8. The number of esters is 2. The molecule has 1 rings (SSSR count). The van der Waals surface area contributed by atoms with Crippen LogP contribution in [0.4, 0.5) is 0 Å². The van der Waals surface area contributed by atoms with Crippen LogP contribution in [0.15, 0.2) is 12.7 Å². The molecule has 4 nitrogen and oxygen atoms in total. The van der Waals surface area contributed by atoms with E-state index in [0.717, 1.165) is 6.08 Å². The van der Waals surface area contributed by atoms with Gasteiger partial charge in [0.25, 0.3) is 0 Å². The number of ether oxygens (including phenoxy) is 2. The van der Waals surface area contributed by atoms with Gasteiger partial charge in [-0.1, -0.05) is 29.2 Å². The quantitative estimate of drug-likeness (QED) is 0.319. The molecule has 0 bridgehead atoms. The number of rotatable bonds is 2. The zero-order chi connectivity index (χ0) is 9.14. The lowest BCUT2D eigenvalue weighted by Crippen LogP contribution is -2.26. The van der Waals surface area contributed by atoms with Crippen LogP contribution in [0.3, 0.4) is 0 Å². The predicted molar refractivity (Wildman–Crippen MR) is 48.8 cm³/mol. The van der Waals surface area contributed by atoms with E-state index >= 15 is 0 Å². The Labute approximate surface area is 83.0 Å². The Morgan fingerprint density at radius 1 is 1.83 bits per heavy atom. The van der Waals surface area contributed by atoms with Crippen LogP contribution in [0.1, 0.15) is 0 Å². The van der Waals surface area contributed by atoms with E-state index in [2.05, 4.69) is 11.3 Å². The molecule has 0 N–H and O–H groups in total. The van der Waals surface area contributed by atoms with Crippen LogP contribution in [-0.2, 0) is 19.1 Å². The summed E-state index contributed by atoms with van der Waals surface area (Å²) in [6.07, 6.45) is 0.593. The van der Waals surface area contributed by atoms with Gasteiger partial charge >= 0.3 is 11.9 Å². The molecule has 12 heavy (non-hydrogen) atoms. The van der Waals surface area contributed by atoms with Gasteiger partial charge in [0.05, 0.1) is 0 Å². The van der Waals surface area contributed by atoms with E-state index in [0.29, 0.717) is 0 Å². The van der Waals surface area contributed by atoms with E-state index < -0.39 is 16.0 Å². The second kappa shape index (κ2) is 3.88. The molecule has 1 aliphatic heterocycles. The van der Waals surface area contributed by atoms with E-state index in [-0.39, 0.29) is 12.6 Å². The third kappa shape index (κ3) is 1.96. The first-order valence-corrected chi connectivity index (χ1v) is 4.53.